The molecule has 22 rings (SSSR count). The highest BCUT2D eigenvalue weighted by Gasteiger charge is 2.52. The third-order valence-electron chi connectivity index (χ3n) is 25.7. The van der Waals surface area contributed by atoms with Gasteiger partial charge in [-0.2, -0.15) is 0 Å². The van der Waals surface area contributed by atoms with Crippen LogP contribution in [-0.2, 0) is 43.3 Å². The Hall–Kier alpha value is -12.5. The summed E-state index contributed by atoms with van der Waals surface area (Å²) in [6.45, 7) is 32.6. The molecule has 16 aromatic rings. The summed E-state index contributed by atoms with van der Waals surface area (Å²) in [5.74, 6) is -0.463. The van der Waals surface area contributed by atoms with Crippen LogP contribution in [0.2, 0.25) is 0 Å². The van der Waals surface area contributed by atoms with Crippen LogP contribution in [0.25, 0.3) is 21.1 Å². The van der Waals surface area contributed by atoms with Gasteiger partial charge >= 0.3 is 0 Å². The minimum Gasteiger partial charge on any atom is -0.440 e. The maximum Gasteiger partial charge on any atom is 0.257 e. The Morgan fingerprint density at radius 2 is 0.592 bits per heavy atom. The minimum atomic E-state index is -1.59. The predicted octanol–water partition coefficient (Wildman–Crippen LogP) is 30.3. The molecule has 0 amide bonds. The number of anilines is 18. The molecular formula is C120H120B2N6OS. The minimum absolute atomic E-state index is 0.00141. The highest BCUT2D eigenvalue weighted by atomic mass is 32.1. The Kier molecular flexibility index (Phi) is 10.9. The number of hydrogen-bond acceptors (Lipinski definition) is 8. The van der Waals surface area contributed by atoms with Crippen molar-refractivity contribution in [1.82, 2.24) is 0 Å². The van der Waals surface area contributed by atoms with E-state index in [1.165, 1.54) is 39.0 Å². The molecule has 6 aliphatic rings. The molecule has 10 heteroatoms. The van der Waals surface area contributed by atoms with Gasteiger partial charge in [0.2, 0.25) is 5.88 Å². The van der Waals surface area contributed by atoms with Crippen molar-refractivity contribution in [2.75, 3.05) is 29.4 Å². The van der Waals surface area contributed by atoms with Crippen molar-refractivity contribution in [3.8, 4) is 0 Å². The normalized spacial score (nSPS) is 21.0. The van der Waals surface area contributed by atoms with Crippen molar-refractivity contribution in [2.45, 2.75) is 207 Å². The second-order valence-electron chi connectivity index (χ2n) is 40.6. The molecule has 0 spiro atoms. The van der Waals surface area contributed by atoms with E-state index in [0.29, 0.717) is 47.9 Å². The maximum atomic E-state index is 10.9. The van der Waals surface area contributed by atoms with Crippen LogP contribution in [0.5, 0.6) is 0 Å². The van der Waals surface area contributed by atoms with Crippen molar-refractivity contribution in [3.05, 3.63) is 359 Å². The van der Waals surface area contributed by atoms with Gasteiger partial charge in [0.25, 0.3) is 13.4 Å². The lowest BCUT2D eigenvalue weighted by atomic mass is 9.33. The van der Waals surface area contributed by atoms with E-state index in [4.69, 9.17) is 25.0 Å². The van der Waals surface area contributed by atoms with Crippen molar-refractivity contribution < 1.29 is 70.2 Å². The van der Waals surface area contributed by atoms with Crippen LogP contribution >= 0.6 is 11.3 Å². The van der Waals surface area contributed by atoms with Crippen LogP contribution < -0.4 is 62.2 Å². The molecule has 2 aliphatic carbocycles. The van der Waals surface area contributed by atoms with Gasteiger partial charge in [0.1, 0.15) is 5.58 Å². The topological polar surface area (TPSA) is 32.6 Å². The van der Waals surface area contributed by atoms with E-state index in [-0.39, 0.29) is 134 Å². The van der Waals surface area contributed by atoms with Gasteiger partial charge in [-0.05, 0) is 291 Å². The summed E-state index contributed by atoms with van der Waals surface area (Å²) in [4.78, 5) is 6.57. The fraction of sp³-hybridized carbons (Fsp3) is 0.267. The lowest BCUT2D eigenvalue weighted by Gasteiger charge is -2.47. The molecule has 130 heavy (non-hydrogen) atoms. The van der Waals surface area contributed by atoms with E-state index in [0.717, 1.165) is 26.0 Å². The van der Waals surface area contributed by atoms with E-state index in [2.05, 4.69) is 0 Å². The molecule has 0 saturated heterocycles. The van der Waals surface area contributed by atoms with Crippen LogP contribution in [-0.4, -0.2) is 13.4 Å². The van der Waals surface area contributed by atoms with Crippen LogP contribution in [0.1, 0.15) is 274 Å². The highest BCUT2D eigenvalue weighted by molar-refractivity contribution is 7.26. The number of thiophene rings is 1. The zero-order valence-electron chi connectivity index (χ0n) is 124. The summed E-state index contributed by atoms with van der Waals surface area (Å²) >= 11 is 0.789. The number of rotatable bonds is 10. The van der Waals surface area contributed by atoms with Crippen LogP contribution in [0.15, 0.2) is 319 Å². The molecular weight excluding hydrogens is 1600 g/mol. The number of para-hydroxylation sites is 5. The van der Waals surface area contributed by atoms with E-state index in [1.54, 1.807) is 83.1 Å². The molecule has 0 atom stereocenters. The van der Waals surface area contributed by atoms with E-state index < -0.39 is 391 Å². The fourth-order valence-corrected chi connectivity index (χ4v) is 19.6. The predicted molar refractivity (Wildman–Crippen MR) is 561 cm³/mol. The zero-order valence-corrected chi connectivity index (χ0v) is 76.6. The zero-order chi connectivity index (χ0) is 132. The van der Waals surface area contributed by atoms with E-state index >= 15 is 0 Å². The average Bonchev–Trinajstić information content (AvgIpc) is 1.35. The molecule has 0 fully saturated rings. The summed E-state index contributed by atoms with van der Waals surface area (Å²) in [6.07, 6.45) is 2.00. The van der Waals surface area contributed by atoms with Gasteiger partial charge in [-0.1, -0.05) is 308 Å². The largest absolute Gasteiger partial charge is 0.440 e. The molecule has 4 aliphatic heterocycles. The number of furan rings is 1. The molecule has 0 saturated carbocycles. The monoisotopic (exact) mass is 1760 g/mol. The lowest BCUT2D eigenvalue weighted by Crippen LogP contribution is -2.61. The first-order chi connectivity index (χ1) is 82.0. The second-order valence-corrected chi connectivity index (χ2v) is 41.6. The van der Waals surface area contributed by atoms with Gasteiger partial charge in [-0.25, -0.2) is 0 Å². The molecule has 0 unspecified atom stereocenters. The third-order valence-corrected chi connectivity index (χ3v) is 26.8. The summed E-state index contributed by atoms with van der Waals surface area (Å²) in [6, 6.07) is -28.7. The molecule has 648 valence electrons. The number of nitrogens with zero attached hydrogens (tertiary/aromatic N) is 6. The molecule has 0 N–H and O–H groups in total. The molecule has 2 aromatic heterocycles. The summed E-state index contributed by atoms with van der Waals surface area (Å²) < 4.78 is 466. The van der Waals surface area contributed by atoms with Crippen LogP contribution in [0.3, 0.4) is 0 Å². The number of fused-ring (bicyclic) bond motifs is 14. The summed E-state index contributed by atoms with van der Waals surface area (Å²) in [5.41, 5.74) is -14.2. The SMILES string of the molecule is [2H]c1c([2H])c([2H])c(N(c2cc3c4c(c2)N(c2c([2H])c([2H])c(C(C)(C)C)c([2H])c2[2H])c2c([2H])c5c(c([2H])c2B4c2c(oc4c([2H])c([2H])c([2H])c([2H])c24)N3c2c([2H])c([2H])c(C(C)(C)C)c([2H])c2[2H])C(C)(C)CCC5(C)C)c2c([2H])c([2H])c([2H])c([2H])c2[2H])c([2H])c1[2H].[2H]c1c([2H])c([2H])c(N(c2cc3c4c(c2)N(c2c([2H])c([2H])c(C(C)(C)C)c([2H])c2[2H])c2c([2H])c5c(c([2H])c2B4c2c(sc4c([2H])c([2H])c([2H])c([2H])c24)N3c2c([2H])c([2H])c(C(C)(C)C)c([2H])c2[2H])C(C)(C)CCC5(C)C)c2c([2H])c([2H])c([2H])c([2H])c2[2H])c([2H])c1[2H]. The summed E-state index contributed by atoms with van der Waals surface area (Å²) in [5, 5.41) is -0.408. The van der Waals surface area contributed by atoms with Gasteiger partial charge in [0, 0.05) is 95.2 Å². The molecule has 0 radical (unpaired) electrons. The molecule has 7 nitrogen and oxygen atoms in total. The molecule has 6 heterocycles. The van der Waals surface area contributed by atoms with E-state index in [9.17, 15) is 45.2 Å². The van der Waals surface area contributed by atoms with Gasteiger partial charge < -0.3 is 28.9 Å². The Morgan fingerprint density at radius 1 is 0.300 bits per heavy atom. The quantitative estimate of drug-likeness (QED) is 0.126. The Balaban J connectivity index is 0.000000200. The Bertz CT molecular complexity index is 9330. The Labute approximate surface area is 843 Å². The van der Waals surface area contributed by atoms with Crippen molar-refractivity contribution in [1.29, 1.82) is 0 Å². The first-order valence-electron chi connectivity index (χ1n) is 67.3. The number of benzene rings is 14. The number of hydrogen-bond donors (Lipinski definition) is 0. The van der Waals surface area contributed by atoms with Gasteiger partial charge in [-0.15, -0.1) is 11.3 Å². The van der Waals surface area contributed by atoms with Gasteiger partial charge in [0.05, 0.1) is 82.2 Å². The van der Waals surface area contributed by atoms with Crippen LogP contribution in [0, 0.1) is 0 Å². The third kappa shape index (κ3) is 14.1. The van der Waals surface area contributed by atoms with Gasteiger partial charge in [-0.3, -0.25) is 4.90 Å². The second kappa shape index (κ2) is 30.6. The standard InChI is InChI=1S/C60H60BN3O.C60H60BN3S/c2*1-57(2,3)39-25-29-43(30-26-39)63-50-38-48-47(59(7,8)33-34-60(48,9)10)37-49(50)61-54-46-23-17-18-24-53(46)65-56(54)64(44-31-27-40(28-32-44)58(4,5)6)52-36-45(35-51(63)55(52)61)62(41-19-13-11-14-20-41)42-21-15-12-16-22-42/h2*11-32,35-38H,33-34H2,1-10H3/i2*11D,12D,13D,14D,15D,16D,17D,18D,19D,20D,21D,22D,23D,24D,25D,26D,27D,28D,29D,30D,31D,32D,37D,38D. The highest BCUT2D eigenvalue weighted by Crippen LogP contribution is 2.57. The van der Waals surface area contributed by atoms with Crippen molar-refractivity contribution in [3.63, 3.8) is 0 Å². The molecule has 14 aromatic carbocycles. The smallest absolute Gasteiger partial charge is 0.257 e. The average molecular weight is 1760 g/mol. The first kappa shape index (κ1) is 46.4. The fourth-order valence-electron chi connectivity index (χ4n) is 18.5. The maximum absolute atomic E-state index is 10.9. The summed E-state index contributed by atoms with van der Waals surface area (Å²) in [7, 11) is 0. The Morgan fingerprint density at radius 3 is 0.954 bits per heavy atom. The van der Waals surface area contributed by atoms with Crippen LogP contribution in [0.4, 0.5) is 102 Å². The molecule has 0 bridgehead atoms. The van der Waals surface area contributed by atoms with Gasteiger partial charge in [0.15, 0.2) is 0 Å². The lowest BCUT2D eigenvalue weighted by molar-refractivity contribution is 0.332. The van der Waals surface area contributed by atoms with Crippen molar-refractivity contribution in [2.24, 2.45) is 0 Å². The first-order valence-corrected chi connectivity index (χ1v) is 44.1. The van der Waals surface area contributed by atoms with Crippen molar-refractivity contribution >= 4 is 180 Å². The van der Waals surface area contributed by atoms with E-state index in [1.807, 2.05) is 55.4 Å².